The minimum atomic E-state index is 0.558. The van der Waals surface area contributed by atoms with Gasteiger partial charge in [-0.25, -0.2) is 0 Å². The van der Waals surface area contributed by atoms with Crippen LogP contribution in [0.4, 0.5) is 5.69 Å². The Morgan fingerprint density at radius 3 is 2.92 bits per heavy atom. The third-order valence-electron chi connectivity index (χ3n) is 1.36. The van der Waals surface area contributed by atoms with Gasteiger partial charge in [0.05, 0.1) is 16.5 Å². The van der Waals surface area contributed by atoms with Crippen molar-refractivity contribution in [2.24, 2.45) is 0 Å². The number of hydrogen-bond acceptors (Lipinski definition) is 2. The molecule has 0 saturated carbocycles. The molecule has 68 valence electrons. The maximum Gasteiger partial charge on any atom is 0.0647 e. The van der Waals surface area contributed by atoms with Crippen molar-refractivity contribution in [2.75, 3.05) is 11.5 Å². The van der Waals surface area contributed by atoms with Gasteiger partial charge in [0.25, 0.3) is 0 Å². The maximum atomic E-state index is 5.85. The minimum Gasteiger partial charge on any atom is -0.397 e. The van der Waals surface area contributed by atoms with Crippen molar-refractivity contribution in [1.82, 2.24) is 0 Å². The Morgan fingerprint density at radius 2 is 2.31 bits per heavy atom. The van der Waals surface area contributed by atoms with Gasteiger partial charge in [-0.15, -0.1) is 18.2 Å². The predicted octanol–water partition coefficient (Wildman–Crippen LogP) is 3.41. The van der Waals surface area contributed by atoms with Crippen molar-refractivity contribution in [1.29, 1.82) is 0 Å². The number of halogens is 2. The smallest absolute Gasteiger partial charge is 0.0647 e. The highest BCUT2D eigenvalue weighted by Gasteiger charge is 2.04. The highest BCUT2D eigenvalue weighted by molar-refractivity contribution is 9.10. The molecule has 0 spiro atoms. The van der Waals surface area contributed by atoms with Gasteiger partial charge in [0.1, 0.15) is 0 Å². The van der Waals surface area contributed by atoms with Gasteiger partial charge in [0, 0.05) is 9.37 Å². The summed E-state index contributed by atoms with van der Waals surface area (Å²) in [7, 11) is 0. The van der Waals surface area contributed by atoms with Crippen molar-refractivity contribution in [3.05, 3.63) is 21.6 Å². The highest BCUT2D eigenvalue weighted by atomic mass is 79.9. The average molecular weight is 277 g/mol. The van der Waals surface area contributed by atoms with Crippen LogP contribution in [0.1, 0.15) is 0 Å². The first-order valence-corrected chi connectivity index (χ1v) is 5.61. The Labute approximate surface area is 95.2 Å². The van der Waals surface area contributed by atoms with Gasteiger partial charge in [0.15, 0.2) is 0 Å². The standard InChI is InChI=1S/C9H7BrClNS/c1-2-3-13-9-5-7(11)8(12)4-6(9)10/h1,4-5H,3,12H2. The normalized spacial score (nSPS) is 9.62. The number of benzene rings is 1. The largest absolute Gasteiger partial charge is 0.397 e. The molecule has 0 amide bonds. The molecule has 0 bridgehead atoms. The predicted molar refractivity (Wildman–Crippen MR) is 63.1 cm³/mol. The summed E-state index contributed by atoms with van der Waals surface area (Å²) in [6.45, 7) is 0. The van der Waals surface area contributed by atoms with Gasteiger partial charge >= 0.3 is 0 Å². The molecule has 0 fully saturated rings. The second-order valence-corrected chi connectivity index (χ2v) is 4.58. The fraction of sp³-hybridized carbons (Fsp3) is 0.111. The molecule has 0 atom stereocenters. The molecular weight excluding hydrogens is 270 g/mol. The Bertz CT molecular complexity index is 359. The maximum absolute atomic E-state index is 5.85. The summed E-state index contributed by atoms with van der Waals surface area (Å²) in [6, 6.07) is 3.59. The van der Waals surface area contributed by atoms with Crippen LogP contribution in [0.25, 0.3) is 0 Å². The molecule has 0 unspecified atom stereocenters. The van der Waals surface area contributed by atoms with Crippen molar-refractivity contribution < 1.29 is 0 Å². The van der Waals surface area contributed by atoms with E-state index in [-0.39, 0.29) is 0 Å². The molecule has 0 aromatic heterocycles. The Hall–Kier alpha value is -0.300. The second kappa shape index (κ2) is 4.80. The third-order valence-corrected chi connectivity index (χ3v) is 3.57. The van der Waals surface area contributed by atoms with E-state index in [9.17, 15) is 0 Å². The molecule has 0 aliphatic heterocycles. The van der Waals surface area contributed by atoms with Gasteiger partial charge < -0.3 is 5.73 Å². The van der Waals surface area contributed by atoms with Crippen molar-refractivity contribution in [2.45, 2.75) is 4.90 Å². The molecule has 1 nitrogen and oxygen atoms in total. The molecule has 0 saturated heterocycles. The van der Waals surface area contributed by atoms with E-state index in [0.717, 1.165) is 9.37 Å². The van der Waals surface area contributed by atoms with Crippen LogP contribution < -0.4 is 5.73 Å². The molecule has 1 rings (SSSR count). The monoisotopic (exact) mass is 275 g/mol. The summed E-state index contributed by atoms with van der Waals surface area (Å²) >= 11 is 10.8. The number of terminal acetylenes is 1. The quantitative estimate of drug-likeness (QED) is 0.509. The van der Waals surface area contributed by atoms with E-state index in [1.165, 1.54) is 0 Å². The summed E-state index contributed by atoms with van der Waals surface area (Å²) in [5, 5.41) is 0.558. The zero-order valence-corrected chi connectivity index (χ0v) is 9.84. The van der Waals surface area contributed by atoms with Crippen LogP contribution in [0.5, 0.6) is 0 Å². The summed E-state index contributed by atoms with van der Waals surface area (Å²) < 4.78 is 0.926. The number of thioether (sulfide) groups is 1. The SMILES string of the molecule is C#CCSc1cc(Cl)c(N)cc1Br. The van der Waals surface area contributed by atoms with Gasteiger partial charge in [-0.2, -0.15) is 0 Å². The lowest BCUT2D eigenvalue weighted by atomic mass is 10.3. The lowest BCUT2D eigenvalue weighted by Crippen LogP contribution is -1.87. The van der Waals surface area contributed by atoms with Gasteiger partial charge in [0.2, 0.25) is 0 Å². The summed E-state index contributed by atoms with van der Waals surface area (Å²) in [5.41, 5.74) is 6.17. The Morgan fingerprint density at radius 1 is 1.62 bits per heavy atom. The summed E-state index contributed by atoms with van der Waals surface area (Å²) in [4.78, 5) is 1.01. The van der Waals surface area contributed by atoms with Crippen LogP contribution in [-0.4, -0.2) is 5.75 Å². The van der Waals surface area contributed by atoms with E-state index >= 15 is 0 Å². The van der Waals surface area contributed by atoms with Crippen LogP contribution in [-0.2, 0) is 0 Å². The second-order valence-electron chi connectivity index (χ2n) is 2.30. The first-order chi connectivity index (χ1) is 6.15. The lowest BCUT2D eigenvalue weighted by Gasteiger charge is -2.04. The first kappa shape index (κ1) is 10.8. The van der Waals surface area contributed by atoms with Crippen LogP contribution in [0.2, 0.25) is 5.02 Å². The van der Waals surface area contributed by atoms with Crippen molar-refractivity contribution in [3.63, 3.8) is 0 Å². The van der Waals surface area contributed by atoms with Crippen molar-refractivity contribution >= 4 is 45.0 Å². The van der Waals surface area contributed by atoms with Crippen LogP contribution in [0.15, 0.2) is 21.5 Å². The fourth-order valence-electron chi connectivity index (χ4n) is 0.774. The van der Waals surface area contributed by atoms with Crippen LogP contribution in [0.3, 0.4) is 0 Å². The van der Waals surface area contributed by atoms with Crippen LogP contribution in [0, 0.1) is 12.3 Å². The molecule has 1 aromatic rings. The summed E-state index contributed by atoms with van der Waals surface area (Å²) in [5.74, 6) is 3.17. The number of nitrogens with two attached hydrogens (primary N) is 1. The molecule has 13 heavy (non-hydrogen) atoms. The van der Waals surface area contributed by atoms with Crippen molar-refractivity contribution in [3.8, 4) is 12.3 Å². The zero-order valence-electron chi connectivity index (χ0n) is 6.68. The topological polar surface area (TPSA) is 26.0 Å². The van der Waals surface area contributed by atoms with Gasteiger partial charge in [-0.1, -0.05) is 17.5 Å². The molecule has 0 aliphatic carbocycles. The fourth-order valence-corrected chi connectivity index (χ4v) is 2.34. The average Bonchev–Trinajstić information content (AvgIpc) is 2.09. The van der Waals surface area contributed by atoms with Gasteiger partial charge in [-0.05, 0) is 28.1 Å². The number of nitrogen functional groups attached to an aromatic ring is 1. The number of anilines is 1. The highest BCUT2D eigenvalue weighted by Crippen LogP contribution is 2.33. The van der Waals surface area contributed by atoms with E-state index < -0.39 is 0 Å². The first-order valence-electron chi connectivity index (χ1n) is 3.46. The molecule has 0 heterocycles. The lowest BCUT2D eigenvalue weighted by molar-refractivity contribution is 1.41. The molecule has 4 heteroatoms. The molecule has 1 aromatic carbocycles. The Kier molecular flexibility index (Phi) is 3.98. The minimum absolute atomic E-state index is 0.558. The van der Waals surface area contributed by atoms with E-state index in [1.54, 1.807) is 17.8 Å². The van der Waals surface area contributed by atoms with E-state index in [2.05, 4.69) is 21.9 Å². The number of hydrogen-bond donors (Lipinski definition) is 1. The molecule has 0 aliphatic rings. The van der Waals surface area contributed by atoms with E-state index in [0.29, 0.717) is 16.5 Å². The Balaban J connectivity index is 2.96. The zero-order chi connectivity index (χ0) is 9.84. The van der Waals surface area contributed by atoms with E-state index in [4.69, 9.17) is 23.8 Å². The van der Waals surface area contributed by atoms with E-state index in [1.807, 2.05) is 6.07 Å². The van der Waals surface area contributed by atoms with Gasteiger partial charge in [-0.3, -0.25) is 0 Å². The van der Waals surface area contributed by atoms with Crippen LogP contribution >= 0.6 is 39.3 Å². The number of rotatable bonds is 2. The summed E-state index contributed by atoms with van der Waals surface area (Å²) in [6.07, 6.45) is 5.15. The molecule has 0 radical (unpaired) electrons. The third kappa shape index (κ3) is 2.84. The molecule has 2 N–H and O–H groups in total. The molecular formula is C9H7BrClNS.